The second-order valence-corrected chi connectivity index (χ2v) is 10.2. The fourth-order valence-electron chi connectivity index (χ4n) is 5.58. The molecule has 0 aliphatic heterocycles. The third kappa shape index (κ3) is 4.73. The normalized spacial score (nSPS) is 41.4. The summed E-state index contributed by atoms with van der Waals surface area (Å²) in [6, 6.07) is 0. The van der Waals surface area contributed by atoms with Crippen molar-refractivity contribution in [2.24, 2.45) is 34.0 Å². The predicted octanol–water partition coefficient (Wildman–Crippen LogP) is 7.33. The van der Waals surface area contributed by atoms with E-state index in [1.165, 1.54) is 38.5 Å². The molecule has 0 heterocycles. The summed E-state index contributed by atoms with van der Waals surface area (Å²) in [5.74, 6) is 2.53. The van der Waals surface area contributed by atoms with Gasteiger partial charge in [0.15, 0.2) is 0 Å². The smallest absolute Gasteiger partial charge is 0.0267 e. The van der Waals surface area contributed by atoms with Crippen LogP contribution in [0, 0.1) is 34.0 Å². The minimum atomic E-state index is 0.442. The van der Waals surface area contributed by atoms with Gasteiger partial charge in [-0.2, -0.15) is 0 Å². The van der Waals surface area contributed by atoms with E-state index in [9.17, 15) is 0 Å². The van der Waals surface area contributed by atoms with Crippen molar-refractivity contribution >= 4 is 0 Å². The van der Waals surface area contributed by atoms with E-state index < -0.39 is 0 Å². The van der Waals surface area contributed by atoms with Gasteiger partial charge in [0.2, 0.25) is 0 Å². The van der Waals surface area contributed by atoms with E-state index in [2.05, 4.69) is 62.3 Å². The topological polar surface area (TPSA) is 0 Å². The highest BCUT2D eigenvalue weighted by Gasteiger charge is 2.46. The van der Waals surface area contributed by atoms with Gasteiger partial charge < -0.3 is 0 Å². The zero-order valence-corrected chi connectivity index (χ0v) is 16.5. The average Bonchev–Trinajstić information content (AvgIpc) is 2.26. The van der Waals surface area contributed by atoms with Crippen molar-refractivity contribution < 1.29 is 0 Å². The maximum atomic E-state index is 2.60. The Morgan fingerprint density at radius 3 is 1.95 bits per heavy atom. The minimum absolute atomic E-state index is 0.442. The summed E-state index contributed by atoms with van der Waals surface area (Å²) in [6.07, 6.45) is 8.32. The average molecular weight is 295 g/mol. The van der Waals surface area contributed by atoms with Gasteiger partial charge in [0, 0.05) is 0 Å². The van der Waals surface area contributed by atoms with Crippen LogP contribution in [0.25, 0.3) is 0 Å². The predicted molar refractivity (Wildman–Crippen MR) is 96.5 cm³/mol. The largest absolute Gasteiger partial charge is 0.0649 e. The van der Waals surface area contributed by atoms with E-state index in [0.29, 0.717) is 16.2 Å². The van der Waals surface area contributed by atoms with Gasteiger partial charge >= 0.3 is 0 Å². The lowest BCUT2D eigenvalue weighted by molar-refractivity contribution is -0.00366. The summed E-state index contributed by atoms with van der Waals surface area (Å²) in [4.78, 5) is 0. The lowest BCUT2D eigenvalue weighted by Crippen LogP contribution is -2.41. The molecule has 0 N–H and O–H groups in total. The first kappa shape index (κ1) is 19.0. The van der Waals surface area contributed by atoms with Gasteiger partial charge in [-0.1, -0.05) is 68.7 Å². The molecule has 0 aromatic heterocycles. The molecule has 0 nitrogen and oxygen atoms in total. The van der Waals surface area contributed by atoms with Gasteiger partial charge in [-0.3, -0.25) is 0 Å². The fourth-order valence-corrected chi connectivity index (χ4v) is 5.58. The molecular formula is C21H42. The van der Waals surface area contributed by atoms with Gasteiger partial charge in [0.25, 0.3) is 0 Å². The van der Waals surface area contributed by atoms with Crippen LogP contribution < -0.4 is 0 Å². The lowest BCUT2D eigenvalue weighted by Gasteiger charge is -2.50. The zero-order valence-electron chi connectivity index (χ0n) is 16.5. The van der Waals surface area contributed by atoms with E-state index in [-0.39, 0.29) is 0 Å². The van der Waals surface area contributed by atoms with Crippen LogP contribution in [0.1, 0.15) is 101 Å². The van der Waals surface area contributed by atoms with Crippen molar-refractivity contribution in [3.63, 3.8) is 0 Å². The molecule has 0 radical (unpaired) electrons. The van der Waals surface area contributed by atoms with Crippen molar-refractivity contribution in [1.82, 2.24) is 0 Å². The Morgan fingerprint density at radius 1 is 0.952 bits per heavy atom. The lowest BCUT2D eigenvalue weighted by atomic mass is 9.55. The highest BCUT2D eigenvalue weighted by Crippen LogP contribution is 2.57. The van der Waals surface area contributed by atoms with Crippen molar-refractivity contribution in [3.8, 4) is 0 Å². The van der Waals surface area contributed by atoms with Crippen LogP contribution >= 0.6 is 0 Å². The molecule has 1 fully saturated rings. The molecule has 1 rings (SSSR count). The van der Waals surface area contributed by atoms with Crippen LogP contribution in [0.4, 0.5) is 0 Å². The molecule has 1 aliphatic carbocycles. The molecule has 1 aliphatic rings. The van der Waals surface area contributed by atoms with Gasteiger partial charge in [0.05, 0.1) is 0 Å². The van der Waals surface area contributed by atoms with Crippen molar-refractivity contribution in [3.05, 3.63) is 0 Å². The Kier molecular flexibility index (Phi) is 6.01. The molecule has 0 amide bonds. The molecule has 4 unspecified atom stereocenters. The molecule has 1 saturated carbocycles. The maximum absolute atomic E-state index is 2.60. The Labute approximate surface area is 135 Å². The first-order valence-electron chi connectivity index (χ1n) is 9.43. The Morgan fingerprint density at radius 2 is 1.48 bits per heavy atom. The second-order valence-electron chi connectivity index (χ2n) is 10.2. The molecule has 0 heteroatoms. The van der Waals surface area contributed by atoms with Crippen LogP contribution in [-0.4, -0.2) is 0 Å². The summed E-state index contributed by atoms with van der Waals surface area (Å²) < 4.78 is 0. The number of hydrogen-bond donors (Lipinski definition) is 0. The standard InChI is InChI=1S/C21H42/c1-10-20(8)14-18(5)11-17(4)13-19(6,7)21(9,15-20)12-16(2)3/h16-18H,10-15H2,1-9H3. The van der Waals surface area contributed by atoms with Gasteiger partial charge in [-0.05, 0) is 66.1 Å². The summed E-state index contributed by atoms with van der Waals surface area (Å²) in [6.45, 7) is 22.5. The van der Waals surface area contributed by atoms with Crippen LogP contribution in [0.15, 0.2) is 0 Å². The molecule has 126 valence electrons. The highest BCUT2D eigenvalue weighted by molar-refractivity contribution is 4.97. The van der Waals surface area contributed by atoms with E-state index in [1.807, 2.05) is 0 Å². The van der Waals surface area contributed by atoms with Crippen LogP contribution in [0.3, 0.4) is 0 Å². The van der Waals surface area contributed by atoms with Crippen LogP contribution in [0.5, 0.6) is 0 Å². The van der Waals surface area contributed by atoms with Gasteiger partial charge in [0.1, 0.15) is 0 Å². The Bertz CT molecular complexity index is 327. The first-order valence-corrected chi connectivity index (χ1v) is 9.43. The highest BCUT2D eigenvalue weighted by atomic mass is 14.5. The molecular weight excluding hydrogens is 252 g/mol. The second kappa shape index (κ2) is 6.63. The van der Waals surface area contributed by atoms with E-state index >= 15 is 0 Å². The molecule has 0 spiro atoms. The van der Waals surface area contributed by atoms with Gasteiger partial charge in [-0.15, -0.1) is 0 Å². The Hall–Kier alpha value is 0. The molecule has 4 atom stereocenters. The molecule has 21 heavy (non-hydrogen) atoms. The summed E-state index contributed by atoms with van der Waals surface area (Å²) in [5.41, 5.74) is 1.42. The minimum Gasteiger partial charge on any atom is -0.0649 e. The SMILES string of the molecule is CCC1(C)CC(C)CC(C)CC(C)(C)C(C)(CC(C)C)C1. The van der Waals surface area contributed by atoms with E-state index in [1.54, 1.807) is 0 Å². The summed E-state index contributed by atoms with van der Waals surface area (Å²) in [7, 11) is 0. The zero-order chi connectivity index (χ0) is 16.5. The first-order chi connectivity index (χ1) is 9.43. The fraction of sp³-hybridized carbons (Fsp3) is 1.00. The third-order valence-corrected chi connectivity index (χ3v) is 6.67. The quantitative estimate of drug-likeness (QED) is 0.511. The Balaban J connectivity index is 3.21. The van der Waals surface area contributed by atoms with Gasteiger partial charge in [-0.25, -0.2) is 0 Å². The summed E-state index contributed by atoms with van der Waals surface area (Å²) in [5, 5.41) is 0. The number of hydrogen-bond acceptors (Lipinski definition) is 0. The van der Waals surface area contributed by atoms with Crippen LogP contribution in [-0.2, 0) is 0 Å². The van der Waals surface area contributed by atoms with Crippen molar-refractivity contribution in [2.45, 2.75) is 101 Å². The van der Waals surface area contributed by atoms with E-state index in [4.69, 9.17) is 0 Å². The maximum Gasteiger partial charge on any atom is -0.0267 e. The molecule has 0 saturated heterocycles. The number of rotatable bonds is 3. The third-order valence-electron chi connectivity index (χ3n) is 6.67. The van der Waals surface area contributed by atoms with Crippen molar-refractivity contribution in [2.75, 3.05) is 0 Å². The monoisotopic (exact) mass is 294 g/mol. The van der Waals surface area contributed by atoms with Crippen LogP contribution in [0.2, 0.25) is 0 Å². The summed E-state index contributed by atoms with van der Waals surface area (Å²) >= 11 is 0. The molecule has 0 aromatic rings. The molecule has 0 bridgehead atoms. The van der Waals surface area contributed by atoms with Crippen molar-refractivity contribution in [1.29, 1.82) is 0 Å². The van der Waals surface area contributed by atoms with E-state index in [0.717, 1.165) is 17.8 Å². The molecule has 0 aromatic carbocycles.